The van der Waals surface area contributed by atoms with E-state index in [0.717, 1.165) is 12.0 Å². The number of nitrogens with zero attached hydrogens (tertiary/aromatic N) is 4. The Bertz CT molecular complexity index is 590. The molecule has 1 atom stereocenters. The summed E-state index contributed by atoms with van der Waals surface area (Å²) in [5, 5.41) is 17.0. The smallest absolute Gasteiger partial charge is 0.358 e. The Balaban J connectivity index is 2.13. The molecule has 0 bridgehead atoms. The predicted molar refractivity (Wildman–Crippen MR) is 64.7 cm³/mol. The van der Waals surface area contributed by atoms with Gasteiger partial charge in [0.15, 0.2) is 5.69 Å². The Kier molecular flexibility index (Phi) is 2.96. The number of hydrogen-bond donors (Lipinski definition) is 1. The van der Waals surface area contributed by atoms with Crippen LogP contribution in [0, 0.1) is 0 Å². The molecule has 3 heterocycles. The van der Waals surface area contributed by atoms with Crippen LogP contribution in [0.3, 0.4) is 0 Å². The van der Waals surface area contributed by atoms with Crippen LogP contribution in [0.15, 0.2) is 24.5 Å². The number of carboxylic acids is 1. The first kappa shape index (κ1) is 11.8. The molecule has 2 aromatic heterocycles. The third kappa shape index (κ3) is 2.08. The second kappa shape index (κ2) is 4.77. The molecule has 2 aromatic rings. The summed E-state index contributed by atoms with van der Waals surface area (Å²) >= 11 is 0. The molecule has 1 unspecified atom stereocenters. The molecule has 1 aliphatic heterocycles. The Hall–Kier alpha value is -2.28. The van der Waals surface area contributed by atoms with E-state index in [1.807, 2.05) is 0 Å². The van der Waals surface area contributed by atoms with E-state index in [1.54, 1.807) is 29.2 Å². The fourth-order valence-corrected chi connectivity index (χ4v) is 2.19. The van der Waals surface area contributed by atoms with Crippen LogP contribution in [0.25, 0.3) is 11.3 Å². The lowest BCUT2D eigenvalue weighted by Crippen LogP contribution is -2.12. The molecule has 0 aromatic carbocycles. The van der Waals surface area contributed by atoms with E-state index in [9.17, 15) is 9.90 Å². The lowest BCUT2D eigenvalue weighted by atomic mass is 10.1. The summed E-state index contributed by atoms with van der Waals surface area (Å²) in [4.78, 5) is 15.2. The van der Waals surface area contributed by atoms with Crippen molar-refractivity contribution in [1.82, 2.24) is 20.0 Å². The van der Waals surface area contributed by atoms with Crippen LogP contribution in [-0.4, -0.2) is 44.3 Å². The minimum Gasteiger partial charge on any atom is -0.476 e. The number of carboxylic acid groups (broad SMARTS) is 1. The number of aromatic carboxylic acids is 1. The maximum absolute atomic E-state index is 11.3. The van der Waals surface area contributed by atoms with E-state index in [2.05, 4.69) is 15.3 Å². The minimum absolute atomic E-state index is 0.0313. The van der Waals surface area contributed by atoms with Crippen molar-refractivity contribution in [1.29, 1.82) is 0 Å². The number of rotatable bonds is 3. The van der Waals surface area contributed by atoms with Crippen LogP contribution in [0.2, 0.25) is 0 Å². The second-order valence-electron chi connectivity index (χ2n) is 4.29. The summed E-state index contributed by atoms with van der Waals surface area (Å²) in [5.74, 6) is -1.09. The van der Waals surface area contributed by atoms with Crippen molar-refractivity contribution in [2.24, 2.45) is 0 Å². The third-order valence-electron chi connectivity index (χ3n) is 3.10. The average Bonchev–Trinajstić information content (AvgIpc) is 3.08. The van der Waals surface area contributed by atoms with Gasteiger partial charge in [-0.25, -0.2) is 9.48 Å². The number of hydrogen-bond acceptors (Lipinski definition) is 5. The summed E-state index contributed by atoms with van der Waals surface area (Å²) in [6.07, 6.45) is 4.04. The van der Waals surface area contributed by atoms with Gasteiger partial charge < -0.3 is 9.84 Å². The Morgan fingerprint density at radius 1 is 1.42 bits per heavy atom. The first-order chi connectivity index (χ1) is 9.27. The highest BCUT2D eigenvalue weighted by Crippen LogP contribution is 2.28. The summed E-state index contributed by atoms with van der Waals surface area (Å²) in [5.41, 5.74) is 1.20. The Labute approximate surface area is 108 Å². The lowest BCUT2D eigenvalue weighted by molar-refractivity contribution is 0.0691. The van der Waals surface area contributed by atoms with Gasteiger partial charge >= 0.3 is 5.97 Å². The molecule has 1 N–H and O–H groups in total. The van der Waals surface area contributed by atoms with E-state index in [-0.39, 0.29) is 11.7 Å². The fourth-order valence-electron chi connectivity index (χ4n) is 2.19. The van der Waals surface area contributed by atoms with Gasteiger partial charge in [-0.1, -0.05) is 5.21 Å². The van der Waals surface area contributed by atoms with Crippen molar-refractivity contribution in [3.63, 3.8) is 0 Å². The molecule has 0 amide bonds. The van der Waals surface area contributed by atoms with E-state index in [4.69, 9.17) is 4.74 Å². The summed E-state index contributed by atoms with van der Waals surface area (Å²) in [7, 11) is 0. The Morgan fingerprint density at radius 2 is 2.21 bits per heavy atom. The maximum atomic E-state index is 11.3. The van der Waals surface area contributed by atoms with E-state index >= 15 is 0 Å². The molecule has 0 saturated carbocycles. The molecule has 1 aliphatic rings. The van der Waals surface area contributed by atoms with Gasteiger partial charge in [0.2, 0.25) is 0 Å². The lowest BCUT2D eigenvalue weighted by Gasteiger charge is -2.12. The molecular weight excluding hydrogens is 248 g/mol. The third-order valence-corrected chi connectivity index (χ3v) is 3.10. The van der Waals surface area contributed by atoms with E-state index in [0.29, 0.717) is 18.9 Å². The zero-order valence-electron chi connectivity index (χ0n) is 10.1. The van der Waals surface area contributed by atoms with Crippen LogP contribution in [0.4, 0.5) is 0 Å². The summed E-state index contributed by atoms with van der Waals surface area (Å²) < 4.78 is 6.97. The predicted octanol–water partition coefficient (Wildman–Crippen LogP) is 1.000. The zero-order valence-corrected chi connectivity index (χ0v) is 10.1. The molecule has 98 valence electrons. The fraction of sp³-hybridized carbons (Fsp3) is 0.333. The molecular formula is C12H12N4O3. The van der Waals surface area contributed by atoms with Crippen molar-refractivity contribution in [3.05, 3.63) is 30.2 Å². The highest BCUT2D eigenvalue weighted by Gasteiger charge is 2.27. The first-order valence-corrected chi connectivity index (χ1v) is 5.94. The van der Waals surface area contributed by atoms with Crippen molar-refractivity contribution in [2.75, 3.05) is 13.2 Å². The minimum atomic E-state index is -1.09. The summed E-state index contributed by atoms with van der Waals surface area (Å²) in [6, 6.07) is 3.53. The maximum Gasteiger partial charge on any atom is 0.358 e. The number of aromatic nitrogens is 4. The van der Waals surface area contributed by atoms with Crippen molar-refractivity contribution < 1.29 is 14.6 Å². The number of carbonyl (C=O) groups is 1. The van der Waals surface area contributed by atoms with E-state index in [1.165, 1.54) is 0 Å². The molecule has 1 saturated heterocycles. The van der Waals surface area contributed by atoms with Gasteiger partial charge in [0.05, 0.1) is 12.6 Å². The van der Waals surface area contributed by atoms with Gasteiger partial charge in [-0.3, -0.25) is 4.98 Å². The van der Waals surface area contributed by atoms with Gasteiger partial charge in [0.1, 0.15) is 5.69 Å². The van der Waals surface area contributed by atoms with Crippen LogP contribution < -0.4 is 0 Å². The van der Waals surface area contributed by atoms with E-state index < -0.39 is 5.97 Å². The quantitative estimate of drug-likeness (QED) is 0.885. The van der Waals surface area contributed by atoms with Gasteiger partial charge in [-0.05, 0) is 18.6 Å². The summed E-state index contributed by atoms with van der Waals surface area (Å²) in [6.45, 7) is 1.18. The highest BCUT2D eigenvalue weighted by atomic mass is 16.5. The van der Waals surface area contributed by atoms with Gasteiger partial charge in [-0.2, -0.15) is 0 Å². The molecule has 7 heteroatoms. The Morgan fingerprint density at radius 3 is 2.84 bits per heavy atom. The van der Waals surface area contributed by atoms with Crippen molar-refractivity contribution >= 4 is 5.97 Å². The second-order valence-corrected chi connectivity index (χ2v) is 4.29. The molecule has 0 spiro atoms. The molecule has 0 radical (unpaired) electrons. The SMILES string of the molecule is O=C(O)c1nnn(C2CCOC2)c1-c1ccncc1. The average molecular weight is 260 g/mol. The van der Waals surface area contributed by atoms with Crippen molar-refractivity contribution in [3.8, 4) is 11.3 Å². The van der Waals surface area contributed by atoms with Crippen LogP contribution in [0.5, 0.6) is 0 Å². The van der Waals surface area contributed by atoms with Crippen LogP contribution >= 0.6 is 0 Å². The molecule has 1 fully saturated rings. The van der Waals surface area contributed by atoms with Gasteiger partial charge in [-0.15, -0.1) is 5.10 Å². The number of pyridine rings is 1. The largest absolute Gasteiger partial charge is 0.476 e. The number of ether oxygens (including phenoxy) is 1. The monoisotopic (exact) mass is 260 g/mol. The van der Waals surface area contributed by atoms with Crippen LogP contribution in [-0.2, 0) is 4.74 Å². The molecule has 19 heavy (non-hydrogen) atoms. The molecule has 0 aliphatic carbocycles. The first-order valence-electron chi connectivity index (χ1n) is 5.94. The van der Waals surface area contributed by atoms with Crippen LogP contribution in [0.1, 0.15) is 23.0 Å². The van der Waals surface area contributed by atoms with Gasteiger partial charge in [0.25, 0.3) is 0 Å². The topological polar surface area (TPSA) is 90.1 Å². The van der Waals surface area contributed by atoms with Crippen molar-refractivity contribution in [2.45, 2.75) is 12.5 Å². The molecule has 7 nitrogen and oxygen atoms in total. The zero-order chi connectivity index (χ0) is 13.2. The standard InChI is InChI=1S/C12H12N4O3/c17-12(18)10-11(8-1-4-13-5-2-8)16(15-14-10)9-3-6-19-7-9/h1-2,4-5,9H,3,6-7H2,(H,17,18). The molecule has 3 rings (SSSR count). The highest BCUT2D eigenvalue weighted by molar-refractivity contribution is 5.92. The normalized spacial score (nSPS) is 18.6. The van der Waals surface area contributed by atoms with Gasteiger partial charge in [0, 0.05) is 24.6 Å².